The van der Waals surface area contributed by atoms with E-state index in [1.54, 1.807) is 12.1 Å². The molecule has 0 fully saturated rings. The second kappa shape index (κ2) is 10.1. The highest BCUT2D eigenvalue weighted by Gasteiger charge is 2.19. The highest BCUT2D eigenvalue weighted by Crippen LogP contribution is 2.31. The Bertz CT molecular complexity index is 809. The Morgan fingerprint density at radius 3 is 1.96 bits per heavy atom. The van der Waals surface area contributed by atoms with Gasteiger partial charge in [0.25, 0.3) is 10.1 Å². The van der Waals surface area contributed by atoms with Gasteiger partial charge in [0.1, 0.15) is 4.90 Å². The van der Waals surface area contributed by atoms with Crippen molar-refractivity contribution in [1.29, 1.82) is 0 Å². The van der Waals surface area contributed by atoms with Gasteiger partial charge >= 0.3 is 0 Å². The number of benzene rings is 2. The molecule has 2 rings (SSSR count). The van der Waals surface area contributed by atoms with Crippen molar-refractivity contribution in [2.45, 2.75) is 83.0 Å². The molecule has 0 aliphatic heterocycles. The largest absolute Gasteiger partial charge is 0.295 e. The normalized spacial score (nSPS) is 12.0. The topological polar surface area (TPSA) is 54.4 Å². The summed E-state index contributed by atoms with van der Waals surface area (Å²) in [5, 5.41) is 1.61. The average molecular weight is 377 g/mol. The zero-order valence-corrected chi connectivity index (χ0v) is 16.9. The monoisotopic (exact) mass is 376 g/mol. The molecule has 0 radical (unpaired) electrons. The minimum Gasteiger partial charge on any atom is -0.282 e. The van der Waals surface area contributed by atoms with Gasteiger partial charge in [-0.15, -0.1) is 0 Å². The van der Waals surface area contributed by atoms with E-state index in [1.165, 1.54) is 37.7 Å². The lowest BCUT2D eigenvalue weighted by molar-refractivity contribution is 0.484. The van der Waals surface area contributed by atoms with Gasteiger partial charge < -0.3 is 0 Å². The summed E-state index contributed by atoms with van der Waals surface area (Å²) >= 11 is 0. The summed E-state index contributed by atoms with van der Waals surface area (Å²) in [6.45, 7) is 4.39. The van der Waals surface area contributed by atoms with Crippen molar-refractivity contribution in [2.75, 3.05) is 0 Å². The third kappa shape index (κ3) is 5.55. The van der Waals surface area contributed by atoms with E-state index < -0.39 is 10.1 Å². The molecule has 0 aliphatic rings. The van der Waals surface area contributed by atoms with E-state index in [0.717, 1.165) is 43.1 Å². The first-order chi connectivity index (χ1) is 12.5. The molecule has 0 atom stereocenters. The second-order valence-corrected chi connectivity index (χ2v) is 8.54. The van der Waals surface area contributed by atoms with Crippen LogP contribution in [0.15, 0.2) is 35.2 Å². The Labute approximate surface area is 158 Å². The van der Waals surface area contributed by atoms with Gasteiger partial charge in [0.2, 0.25) is 0 Å². The first kappa shape index (κ1) is 20.9. The van der Waals surface area contributed by atoms with Gasteiger partial charge in [-0.1, -0.05) is 76.6 Å². The zero-order chi connectivity index (χ0) is 19.0. The van der Waals surface area contributed by atoms with Crippen LogP contribution < -0.4 is 0 Å². The van der Waals surface area contributed by atoms with Gasteiger partial charge in [0, 0.05) is 5.39 Å². The van der Waals surface area contributed by atoms with E-state index in [9.17, 15) is 13.0 Å². The Hall–Kier alpha value is -1.39. The predicted molar refractivity (Wildman–Crippen MR) is 109 cm³/mol. The van der Waals surface area contributed by atoms with Crippen molar-refractivity contribution in [2.24, 2.45) is 0 Å². The lowest BCUT2D eigenvalue weighted by atomic mass is 9.91. The molecule has 144 valence electrons. The molecular weight excluding hydrogens is 344 g/mol. The van der Waals surface area contributed by atoms with E-state index in [2.05, 4.69) is 13.8 Å². The lowest BCUT2D eigenvalue weighted by Gasteiger charge is -2.16. The molecule has 0 heterocycles. The maximum Gasteiger partial charge on any atom is 0.295 e. The Balaban J connectivity index is 2.45. The fourth-order valence-corrected chi connectivity index (χ4v) is 4.41. The van der Waals surface area contributed by atoms with Crippen LogP contribution in [-0.2, 0) is 23.0 Å². The molecule has 0 unspecified atom stereocenters. The molecule has 0 aromatic heterocycles. The quantitative estimate of drug-likeness (QED) is 0.368. The van der Waals surface area contributed by atoms with Crippen molar-refractivity contribution < 1.29 is 13.0 Å². The highest BCUT2D eigenvalue weighted by molar-refractivity contribution is 7.86. The van der Waals surface area contributed by atoms with Crippen LogP contribution in [0.5, 0.6) is 0 Å². The summed E-state index contributed by atoms with van der Waals surface area (Å²) < 4.78 is 33.6. The van der Waals surface area contributed by atoms with E-state index >= 15 is 0 Å². The van der Waals surface area contributed by atoms with Gasteiger partial charge in [-0.25, -0.2) is 0 Å². The summed E-state index contributed by atoms with van der Waals surface area (Å²) in [6, 6.07) is 9.30. The van der Waals surface area contributed by atoms with Crippen LogP contribution in [-0.4, -0.2) is 13.0 Å². The summed E-state index contributed by atoms with van der Waals surface area (Å²) in [5.41, 5.74) is 2.35. The van der Waals surface area contributed by atoms with Crippen LogP contribution >= 0.6 is 0 Å². The molecule has 0 saturated carbocycles. The van der Waals surface area contributed by atoms with Gasteiger partial charge in [0.15, 0.2) is 0 Å². The number of fused-ring (bicyclic) bond motifs is 1. The molecule has 2 aromatic rings. The summed E-state index contributed by atoms with van der Waals surface area (Å²) in [6.07, 6.45) is 11.2. The number of hydrogen-bond acceptors (Lipinski definition) is 2. The van der Waals surface area contributed by atoms with Crippen LogP contribution in [0.2, 0.25) is 0 Å². The summed E-state index contributed by atoms with van der Waals surface area (Å²) in [4.78, 5) is 0.0518. The van der Waals surface area contributed by atoms with Crippen LogP contribution in [0.3, 0.4) is 0 Å². The third-order valence-electron chi connectivity index (χ3n) is 5.07. The highest BCUT2D eigenvalue weighted by atomic mass is 32.2. The number of rotatable bonds is 11. The molecule has 2 aromatic carbocycles. The first-order valence-corrected chi connectivity index (χ1v) is 11.4. The minimum atomic E-state index is -4.23. The SMILES string of the molecule is CCCCCCc1cc(S(=O)(=O)O)c2ccccc2c1CCCCCC. The van der Waals surface area contributed by atoms with Crippen molar-refractivity contribution in [1.82, 2.24) is 0 Å². The van der Waals surface area contributed by atoms with Crippen LogP contribution in [0.25, 0.3) is 10.8 Å². The molecule has 4 heteroatoms. The number of hydrogen-bond donors (Lipinski definition) is 1. The Morgan fingerprint density at radius 2 is 1.38 bits per heavy atom. The average Bonchev–Trinajstić information content (AvgIpc) is 2.62. The molecule has 0 amide bonds. The van der Waals surface area contributed by atoms with Gasteiger partial charge in [-0.2, -0.15) is 8.42 Å². The van der Waals surface area contributed by atoms with E-state index in [4.69, 9.17) is 0 Å². The fourth-order valence-electron chi connectivity index (χ4n) is 3.66. The molecule has 3 nitrogen and oxygen atoms in total. The summed E-state index contributed by atoms with van der Waals surface area (Å²) in [7, 11) is -4.23. The smallest absolute Gasteiger partial charge is 0.282 e. The lowest BCUT2D eigenvalue weighted by Crippen LogP contribution is -2.05. The van der Waals surface area contributed by atoms with E-state index in [1.807, 2.05) is 18.2 Å². The molecule has 0 spiro atoms. The molecule has 0 saturated heterocycles. The van der Waals surface area contributed by atoms with E-state index in [0.29, 0.717) is 5.39 Å². The molecule has 1 N–H and O–H groups in total. The van der Waals surface area contributed by atoms with Crippen molar-refractivity contribution in [3.63, 3.8) is 0 Å². The third-order valence-corrected chi connectivity index (χ3v) is 5.96. The Kier molecular flexibility index (Phi) is 8.11. The van der Waals surface area contributed by atoms with Crippen molar-refractivity contribution in [3.05, 3.63) is 41.5 Å². The Morgan fingerprint density at radius 1 is 0.808 bits per heavy atom. The minimum absolute atomic E-state index is 0.0518. The molecular formula is C22H32O3S. The van der Waals surface area contributed by atoms with Crippen LogP contribution in [0.1, 0.15) is 76.3 Å². The second-order valence-electron chi connectivity index (χ2n) is 7.15. The number of unbranched alkanes of at least 4 members (excludes halogenated alkanes) is 6. The van der Waals surface area contributed by atoms with Gasteiger partial charge in [-0.3, -0.25) is 4.55 Å². The molecule has 0 aliphatic carbocycles. The first-order valence-electron chi connectivity index (χ1n) is 10.00. The maximum absolute atomic E-state index is 11.9. The summed E-state index contributed by atoms with van der Waals surface area (Å²) in [5.74, 6) is 0. The van der Waals surface area contributed by atoms with E-state index in [-0.39, 0.29) is 4.90 Å². The molecule has 0 bridgehead atoms. The van der Waals surface area contributed by atoms with Crippen molar-refractivity contribution >= 4 is 20.9 Å². The van der Waals surface area contributed by atoms with Crippen LogP contribution in [0.4, 0.5) is 0 Å². The molecule has 26 heavy (non-hydrogen) atoms. The zero-order valence-electron chi connectivity index (χ0n) is 16.1. The predicted octanol–water partition coefficient (Wildman–Crippen LogP) is 6.33. The maximum atomic E-state index is 11.9. The fraction of sp³-hybridized carbons (Fsp3) is 0.545. The standard InChI is InChI=1S/C22H32O3S/c1-3-5-7-9-13-18-17-22(26(23,24)25)21-16-12-11-15-20(21)19(18)14-10-8-6-4-2/h11-12,15-17H,3-10,13-14H2,1-2H3,(H,23,24,25). The van der Waals surface area contributed by atoms with Gasteiger partial charge in [-0.05, 0) is 48.3 Å². The van der Waals surface area contributed by atoms with Crippen molar-refractivity contribution in [3.8, 4) is 0 Å². The number of aryl methyl sites for hydroxylation is 2. The van der Waals surface area contributed by atoms with Crippen LogP contribution in [0, 0.1) is 0 Å². The van der Waals surface area contributed by atoms with Gasteiger partial charge in [0.05, 0.1) is 0 Å².